The molecule has 0 radical (unpaired) electrons. The Labute approximate surface area is 153 Å². The predicted octanol–water partition coefficient (Wildman–Crippen LogP) is 3.35. The number of aryl methyl sites for hydroxylation is 2. The van der Waals surface area contributed by atoms with Crippen LogP contribution < -0.4 is 11.3 Å². The number of nitrogens with two attached hydrogens (primary N) is 1. The molecule has 0 spiro atoms. The first-order valence-electron chi connectivity index (χ1n) is 9.10. The molecule has 0 saturated carbocycles. The van der Waals surface area contributed by atoms with Crippen LogP contribution in [0.1, 0.15) is 34.7 Å². The standard InChI is InChI=1S/C22H23N3O/c1-14-4-2-6-16(10-14)17-7-3-5-15(11-17)12-18-19(23)8-9-20-21(18)22(26)25-13-24-20/h2-7,10-11,13,18-19H,8-9,12,23H2,1H3,(H,24,25,26). The van der Waals surface area contributed by atoms with E-state index in [1.807, 2.05) is 0 Å². The average Bonchev–Trinajstić information content (AvgIpc) is 2.64. The Morgan fingerprint density at radius 3 is 2.73 bits per heavy atom. The minimum atomic E-state index is -0.0509. The largest absolute Gasteiger partial charge is 0.327 e. The van der Waals surface area contributed by atoms with Gasteiger partial charge in [0.15, 0.2) is 0 Å². The third-order valence-corrected chi connectivity index (χ3v) is 5.31. The fourth-order valence-corrected chi connectivity index (χ4v) is 3.96. The molecule has 2 atom stereocenters. The molecule has 0 bridgehead atoms. The zero-order valence-electron chi connectivity index (χ0n) is 14.9. The maximum absolute atomic E-state index is 12.4. The molecule has 1 heterocycles. The van der Waals surface area contributed by atoms with Gasteiger partial charge >= 0.3 is 0 Å². The normalized spacial score (nSPS) is 19.2. The molecule has 2 aromatic carbocycles. The number of benzene rings is 2. The summed E-state index contributed by atoms with van der Waals surface area (Å²) in [5, 5.41) is 0. The Morgan fingerprint density at radius 1 is 1.15 bits per heavy atom. The van der Waals surface area contributed by atoms with E-state index in [0.29, 0.717) is 0 Å². The van der Waals surface area contributed by atoms with Crippen LogP contribution in [-0.2, 0) is 12.8 Å². The summed E-state index contributed by atoms with van der Waals surface area (Å²) in [6.07, 6.45) is 3.89. The van der Waals surface area contributed by atoms with Crippen molar-refractivity contribution >= 4 is 0 Å². The maximum Gasteiger partial charge on any atom is 0.254 e. The Morgan fingerprint density at radius 2 is 1.92 bits per heavy atom. The Bertz CT molecular complexity index is 992. The van der Waals surface area contributed by atoms with E-state index < -0.39 is 0 Å². The summed E-state index contributed by atoms with van der Waals surface area (Å²) in [6.45, 7) is 2.10. The monoisotopic (exact) mass is 345 g/mol. The van der Waals surface area contributed by atoms with Crippen molar-refractivity contribution in [2.75, 3.05) is 0 Å². The Kier molecular flexibility index (Phi) is 4.43. The van der Waals surface area contributed by atoms with E-state index in [-0.39, 0.29) is 17.5 Å². The predicted molar refractivity (Wildman–Crippen MR) is 104 cm³/mol. The highest BCUT2D eigenvalue weighted by molar-refractivity contribution is 5.65. The third-order valence-electron chi connectivity index (χ3n) is 5.31. The first-order valence-corrected chi connectivity index (χ1v) is 9.10. The number of aromatic nitrogens is 2. The van der Waals surface area contributed by atoms with Gasteiger partial charge in [0.25, 0.3) is 5.56 Å². The summed E-state index contributed by atoms with van der Waals surface area (Å²) in [6, 6.07) is 17.0. The van der Waals surface area contributed by atoms with Crippen molar-refractivity contribution in [3.8, 4) is 11.1 Å². The SMILES string of the molecule is Cc1cccc(-c2cccc(CC3c4c(nc[nH]c4=O)CCC3N)c2)c1. The van der Waals surface area contributed by atoms with Crippen LogP contribution in [0.15, 0.2) is 59.7 Å². The molecule has 2 unspecified atom stereocenters. The minimum Gasteiger partial charge on any atom is -0.327 e. The van der Waals surface area contributed by atoms with Crippen LogP contribution in [0.4, 0.5) is 0 Å². The molecule has 3 N–H and O–H groups in total. The second-order valence-electron chi connectivity index (χ2n) is 7.18. The van der Waals surface area contributed by atoms with E-state index in [4.69, 9.17) is 5.73 Å². The number of fused-ring (bicyclic) bond motifs is 1. The molecule has 1 aromatic heterocycles. The number of hydrogen-bond acceptors (Lipinski definition) is 3. The molecule has 26 heavy (non-hydrogen) atoms. The highest BCUT2D eigenvalue weighted by atomic mass is 16.1. The Hall–Kier alpha value is -2.72. The molecule has 0 aliphatic heterocycles. The van der Waals surface area contributed by atoms with E-state index in [9.17, 15) is 4.79 Å². The van der Waals surface area contributed by atoms with Gasteiger partial charge in [-0.15, -0.1) is 0 Å². The highest BCUT2D eigenvalue weighted by Crippen LogP contribution is 2.31. The van der Waals surface area contributed by atoms with E-state index in [1.54, 1.807) is 0 Å². The number of rotatable bonds is 3. The van der Waals surface area contributed by atoms with Crippen LogP contribution in [0.5, 0.6) is 0 Å². The molecule has 132 valence electrons. The molecule has 0 fully saturated rings. The van der Waals surface area contributed by atoms with Gasteiger partial charge in [0.1, 0.15) is 0 Å². The lowest BCUT2D eigenvalue weighted by Crippen LogP contribution is -2.38. The number of hydrogen-bond donors (Lipinski definition) is 2. The van der Waals surface area contributed by atoms with Crippen molar-refractivity contribution in [1.82, 2.24) is 9.97 Å². The van der Waals surface area contributed by atoms with Crippen LogP contribution in [0.2, 0.25) is 0 Å². The molecule has 1 aliphatic carbocycles. The zero-order chi connectivity index (χ0) is 18.1. The summed E-state index contributed by atoms with van der Waals surface area (Å²) < 4.78 is 0. The summed E-state index contributed by atoms with van der Waals surface area (Å²) >= 11 is 0. The zero-order valence-corrected chi connectivity index (χ0v) is 14.9. The average molecular weight is 345 g/mol. The smallest absolute Gasteiger partial charge is 0.254 e. The number of H-pyrrole nitrogens is 1. The van der Waals surface area contributed by atoms with E-state index >= 15 is 0 Å². The van der Waals surface area contributed by atoms with Crippen molar-refractivity contribution < 1.29 is 0 Å². The topological polar surface area (TPSA) is 71.8 Å². The van der Waals surface area contributed by atoms with Crippen LogP contribution in [-0.4, -0.2) is 16.0 Å². The van der Waals surface area contributed by atoms with Gasteiger partial charge in [0.2, 0.25) is 0 Å². The minimum absolute atomic E-state index is 0.00367. The number of nitrogens with one attached hydrogen (secondary N) is 1. The van der Waals surface area contributed by atoms with Crippen molar-refractivity contribution in [2.45, 2.75) is 38.1 Å². The van der Waals surface area contributed by atoms with Gasteiger partial charge in [-0.05, 0) is 42.9 Å². The molecule has 4 rings (SSSR count). The van der Waals surface area contributed by atoms with Crippen LogP contribution >= 0.6 is 0 Å². The van der Waals surface area contributed by atoms with Gasteiger partial charge in [-0.2, -0.15) is 0 Å². The molecule has 4 heteroatoms. The molecule has 0 saturated heterocycles. The summed E-state index contributed by atoms with van der Waals surface area (Å²) in [5.74, 6) is 0.00367. The summed E-state index contributed by atoms with van der Waals surface area (Å²) in [4.78, 5) is 19.5. The van der Waals surface area contributed by atoms with Crippen molar-refractivity contribution in [2.24, 2.45) is 5.73 Å². The Balaban J connectivity index is 1.68. The van der Waals surface area contributed by atoms with Crippen LogP contribution in [0.25, 0.3) is 11.1 Å². The molecule has 4 nitrogen and oxygen atoms in total. The quantitative estimate of drug-likeness (QED) is 0.765. The fourth-order valence-electron chi connectivity index (χ4n) is 3.96. The van der Waals surface area contributed by atoms with Gasteiger partial charge in [-0.25, -0.2) is 4.98 Å². The molecular formula is C22H23N3O. The lowest BCUT2D eigenvalue weighted by Gasteiger charge is -2.29. The molecule has 0 amide bonds. The van der Waals surface area contributed by atoms with Gasteiger partial charge in [0, 0.05) is 17.5 Å². The van der Waals surface area contributed by atoms with Gasteiger partial charge < -0.3 is 10.7 Å². The van der Waals surface area contributed by atoms with Crippen LogP contribution in [0, 0.1) is 6.92 Å². The lowest BCUT2D eigenvalue weighted by molar-refractivity contribution is 0.456. The molecule has 3 aromatic rings. The van der Waals surface area contributed by atoms with E-state index in [0.717, 1.165) is 30.5 Å². The number of nitrogens with zero attached hydrogens (tertiary/aromatic N) is 1. The highest BCUT2D eigenvalue weighted by Gasteiger charge is 2.30. The van der Waals surface area contributed by atoms with Crippen molar-refractivity contribution in [1.29, 1.82) is 0 Å². The van der Waals surface area contributed by atoms with Crippen molar-refractivity contribution in [3.05, 3.63) is 87.6 Å². The van der Waals surface area contributed by atoms with E-state index in [1.165, 1.54) is 28.6 Å². The second-order valence-corrected chi connectivity index (χ2v) is 7.18. The second kappa shape index (κ2) is 6.89. The van der Waals surface area contributed by atoms with Crippen molar-refractivity contribution in [3.63, 3.8) is 0 Å². The summed E-state index contributed by atoms with van der Waals surface area (Å²) in [5.41, 5.74) is 12.9. The third kappa shape index (κ3) is 3.20. The van der Waals surface area contributed by atoms with Gasteiger partial charge in [-0.1, -0.05) is 54.1 Å². The van der Waals surface area contributed by atoms with Gasteiger partial charge in [-0.3, -0.25) is 4.79 Å². The lowest BCUT2D eigenvalue weighted by atomic mass is 9.79. The van der Waals surface area contributed by atoms with E-state index in [2.05, 4.69) is 65.4 Å². The van der Waals surface area contributed by atoms with Crippen LogP contribution in [0.3, 0.4) is 0 Å². The first kappa shape index (κ1) is 16.7. The first-order chi connectivity index (χ1) is 12.6. The number of aromatic amines is 1. The molecule has 1 aliphatic rings. The maximum atomic E-state index is 12.4. The van der Waals surface area contributed by atoms with Gasteiger partial charge in [0.05, 0.1) is 12.0 Å². The fraction of sp³-hybridized carbons (Fsp3) is 0.273. The summed E-state index contributed by atoms with van der Waals surface area (Å²) in [7, 11) is 0. The molecular weight excluding hydrogens is 322 g/mol.